The summed E-state index contributed by atoms with van der Waals surface area (Å²) in [5, 5.41) is 0.126. The lowest BCUT2D eigenvalue weighted by Gasteiger charge is -2.13. The highest BCUT2D eigenvalue weighted by Crippen LogP contribution is 2.26. The van der Waals surface area contributed by atoms with Gasteiger partial charge in [0.25, 0.3) is 0 Å². The monoisotopic (exact) mass is 286 g/mol. The molecule has 1 atom stereocenters. The number of aryl methyl sites for hydroxylation is 1. The molecule has 0 spiro atoms. The maximum Gasteiger partial charge on any atom is 0.243 e. The molecule has 0 saturated heterocycles. The number of halogens is 1. The lowest BCUT2D eigenvalue weighted by Crippen LogP contribution is -2.33. The molecule has 1 aromatic rings. The minimum atomic E-state index is -3.76. The van der Waals surface area contributed by atoms with Gasteiger partial charge in [-0.05, 0) is 31.0 Å². The van der Waals surface area contributed by atoms with Crippen LogP contribution in [0.2, 0.25) is 5.02 Å². The molecule has 0 amide bonds. The predicted octanol–water partition coefficient (Wildman–Crippen LogP) is 1.92. The summed E-state index contributed by atoms with van der Waals surface area (Å²) in [6.07, 6.45) is 5.72. The zero-order valence-electron chi connectivity index (χ0n) is 10.2. The zero-order valence-corrected chi connectivity index (χ0v) is 11.8. The SMILES string of the molecule is C#CC(CC)NS(=O)(=O)c1cc(N)c(C)cc1Cl. The maximum absolute atomic E-state index is 12.1. The van der Waals surface area contributed by atoms with Gasteiger partial charge in [-0.3, -0.25) is 0 Å². The van der Waals surface area contributed by atoms with E-state index in [9.17, 15) is 8.42 Å². The summed E-state index contributed by atoms with van der Waals surface area (Å²) in [5.41, 5.74) is 6.78. The van der Waals surface area contributed by atoms with Crippen molar-refractivity contribution in [2.24, 2.45) is 0 Å². The van der Waals surface area contributed by atoms with Gasteiger partial charge in [-0.1, -0.05) is 24.4 Å². The zero-order chi connectivity index (χ0) is 13.9. The van der Waals surface area contributed by atoms with E-state index in [1.165, 1.54) is 12.1 Å². The van der Waals surface area contributed by atoms with Crippen LogP contribution in [0.4, 0.5) is 5.69 Å². The molecule has 0 radical (unpaired) electrons. The fraction of sp³-hybridized carbons (Fsp3) is 0.333. The second-order valence-corrected chi connectivity index (χ2v) is 5.98. The molecule has 3 N–H and O–H groups in total. The van der Waals surface area contributed by atoms with Crippen LogP contribution in [-0.2, 0) is 10.0 Å². The number of terminal acetylenes is 1. The first-order chi connectivity index (χ1) is 8.31. The highest BCUT2D eigenvalue weighted by Gasteiger charge is 2.21. The van der Waals surface area contributed by atoms with E-state index in [1.54, 1.807) is 13.8 Å². The van der Waals surface area contributed by atoms with Gasteiger partial charge < -0.3 is 5.73 Å². The van der Waals surface area contributed by atoms with Crippen LogP contribution >= 0.6 is 11.6 Å². The Bertz CT molecular complexity index is 591. The molecular weight excluding hydrogens is 272 g/mol. The Balaban J connectivity index is 3.22. The summed E-state index contributed by atoms with van der Waals surface area (Å²) in [6.45, 7) is 3.54. The lowest BCUT2D eigenvalue weighted by atomic mass is 10.2. The van der Waals surface area contributed by atoms with E-state index in [4.69, 9.17) is 23.8 Å². The summed E-state index contributed by atoms with van der Waals surface area (Å²) in [7, 11) is -3.76. The average Bonchev–Trinajstić information content (AvgIpc) is 2.30. The normalized spacial score (nSPS) is 13.0. The third-order valence-corrected chi connectivity index (χ3v) is 4.45. The van der Waals surface area contributed by atoms with Crippen LogP contribution in [0.1, 0.15) is 18.9 Å². The first-order valence-electron chi connectivity index (χ1n) is 5.36. The predicted molar refractivity (Wildman–Crippen MR) is 73.8 cm³/mol. The molecule has 4 nitrogen and oxygen atoms in total. The van der Waals surface area contributed by atoms with E-state index in [1.807, 2.05) is 0 Å². The maximum atomic E-state index is 12.1. The largest absolute Gasteiger partial charge is 0.398 e. The molecule has 1 unspecified atom stereocenters. The molecule has 1 aromatic carbocycles. The van der Waals surface area contributed by atoms with Crippen LogP contribution in [0, 0.1) is 19.3 Å². The number of rotatable bonds is 4. The van der Waals surface area contributed by atoms with Gasteiger partial charge in [-0.25, -0.2) is 8.42 Å². The molecule has 98 valence electrons. The minimum absolute atomic E-state index is 0.0547. The van der Waals surface area contributed by atoms with Crippen LogP contribution in [0.5, 0.6) is 0 Å². The molecule has 0 fully saturated rings. The van der Waals surface area contributed by atoms with Gasteiger partial charge in [0.15, 0.2) is 0 Å². The molecule has 0 aromatic heterocycles. The summed E-state index contributed by atoms with van der Waals surface area (Å²) >= 11 is 5.93. The Morgan fingerprint density at radius 3 is 2.67 bits per heavy atom. The molecule has 6 heteroatoms. The van der Waals surface area contributed by atoms with Crippen molar-refractivity contribution < 1.29 is 8.42 Å². The van der Waals surface area contributed by atoms with Crippen molar-refractivity contribution in [1.82, 2.24) is 4.72 Å². The van der Waals surface area contributed by atoms with Crippen molar-refractivity contribution in [2.45, 2.75) is 31.2 Å². The molecule has 0 heterocycles. The van der Waals surface area contributed by atoms with Crippen LogP contribution in [0.25, 0.3) is 0 Å². The third-order valence-electron chi connectivity index (χ3n) is 2.52. The van der Waals surface area contributed by atoms with E-state index < -0.39 is 16.1 Å². The average molecular weight is 287 g/mol. The number of hydrogen-bond donors (Lipinski definition) is 2. The number of anilines is 1. The van der Waals surface area contributed by atoms with Crippen LogP contribution in [0.15, 0.2) is 17.0 Å². The first-order valence-corrected chi connectivity index (χ1v) is 7.22. The van der Waals surface area contributed by atoms with Crippen molar-refractivity contribution in [2.75, 3.05) is 5.73 Å². The number of nitrogens with two attached hydrogens (primary N) is 1. The van der Waals surface area contributed by atoms with E-state index in [-0.39, 0.29) is 9.92 Å². The summed E-state index contributed by atoms with van der Waals surface area (Å²) in [5.74, 6) is 2.36. The van der Waals surface area contributed by atoms with E-state index in [0.717, 1.165) is 5.56 Å². The number of benzene rings is 1. The molecular formula is C12H15ClN2O2S. The Kier molecular flexibility index (Phi) is 4.63. The molecule has 0 aliphatic rings. The number of nitrogens with one attached hydrogen (secondary N) is 1. The Morgan fingerprint density at radius 1 is 1.56 bits per heavy atom. The van der Waals surface area contributed by atoms with Crippen LogP contribution in [0.3, 0.4) is 0 Å². The van der Waals surface area contributed by atoms with Gasteiger partial charge >= 0.3 is 0 Å². The Morgan fingerprint density at radius 2 is 2.17 bits per heavy atom. The van der Waals surface area contributed by atoms with Crippen molar-refractivity contribution in [1.29, 1.82) is 0 Å². The standard InChI is InChI=1S/C12H15ClN2O2S/c1-4-9(5-2)15-18(16,17)12-7-11(14)8(3)6-10(12)13/h1,6-7,9,15H,5,14H2,2-3H3. The Labute approximate surface area is 113 Å². The van der Waals surface area contributed by atoms with Gasteiger partial charge in [0, 0.05) is 5.69 Å². The van der Waals surface area contributed by atoms with E-state index in [0.29, 0.717) is 12.1 Å². The summed E-state index contributed by atoms with van der Waals surface area (Å²) in [4.78, 5) is -0.0547. The topological polar surface area (TPSA) is 72.2 Å². The Hall–Kier alpha value is -1.22. The third kappa shape index (κ3) is 3.16. The summed E-state index contributed by atoms with van der Waals surface area (Å²) < 4.78 is 26.6. The molecule has 0 aliphatic carbocycles. The van der Waals surface area contributed by atoms with Gasteiger partial charge in [-0.2, -0.15) is 4.72 Å². The van der Waals surface area contributed by atoms with Gasteiger partial charge in [0.1, 0.15) is 4.90 Å². The molecule has 0 bridgehead atoms. The molecule has 0 saturated carbocycles. The van der Waals surface area contributed by atoms with Gasteiger partial charge in [0.05, 0.1) is 11.1 Å². The highest BCUT2D eigenvalue weighted by atomic mass is 35.5. The fourth-order valence-corrected chi connectivity index (χ4v) is 3.22. The number of nitrogen functional groups attached to an aromatic ring is 1. The van der Waals surface area contributed by atoms with Crippen LogP contribution < -0.4 is 10.5 Å². The number of hydrogen-bond acceptors (Lipinski definition) is 3. The molecule has 1 rings (SSSR count). The molecule has 18 heavy (non-hydrogen) atoms. The quantitative estimate of drug-likeness (QED) is 0.656. The number of sulfonamides is 1. The van der Waals surface area contributed by atoms with Crippen molar-refractivity contribution in [3.8, 4) is 12.3 Å². The van der Waals surface area contributed by atoms with Crippen molar-refractivity contribution >= 4 is 27.3 Å². The van der Waals surface area contributed by atoms with Gasteiger partial charge in [0.2, 0.25) is 10.0 Å². The fourth-order valence-electron chi connectivity index (χ4n) is 1.36. The summed E-state index contributed by atoms with van der Waals surface area (Å²) in [6, 6.07) is 2.29. The second kappa shape index (κ2) is 5.61. The van der Waals surface area contributed by atoms with Crippen molar-refractivity contribution in [3.63, 3.8) is 0 Å². The van der Waals surface area contributed by atoms with E-state index >= 15 is 0 Å². The second-order valence-electron chi connectivity index (χ2n) is 3.89. The van der Waals surface area contributed by atoms with Crippen molar-refractivity contribution in [3.05, 3.63) is 22.7 Å². The first kappa shape index (κ1) is 14.8. The van der Waals surface area contributed by atoms with Gasteiger partial charge in [-0.15, -0.1) is 6.42 Å². The smallest absolute Gasteiger partial charge is 0.243 e. The van der Waals surface area contributed by atoms with Crippen LogP contribution in [-0.4, -0.2) is 14.5 Å². The van der Waals surface area contributed by atoms with E-state index in [2.05, 4.69) is 10.6 Å². The minimum Gasteiger partial charge on any atom is -0.398 e. The lowest BCUT2D eigenvalue weighted by molar-refractivity contribution is 0.570. The highest BCUT2D eigenvalue weighted by molar-refractivity contribution is 7.89. The molecule has 0 aliphatic heterocycles.